The molecule has 0 saturated heterocycles. The van der Waals surface area contributed by atoms with Gasteiger partial charge in [-0.1, -0.05) is 30.3 Å². The summed E-state index contributed by atoms with van der Waals surface area (Å²) >= 11 is 7.23. The van der Waals surface area contributed by atoms with Crippen LogP contribution in [0, 0.1) is 6.92 Å². The fourth-order valence-electron chi connectivity index (χ4n) is 2.35. The fraction of sp³-hybridized carbons (Fsp3) is 0.300. The number of hydrogen-bond acceptors (Lipinski definition) is 4. The second-order valence-corrected chi connectivity index (χ2v) is 7.30. The monoisotopic (exact) mass is 388 g/mol. The summed E-state index contributed by atoms with van der Waals surface area (Å²) in [7, 11) is 1.37. The number of methoxy groups -OCH3 is 1. The van der Waals surface area contributed by atoms with Crippen LogP contribution in [0.15, 0.2) is 48.5 Å². The number of ether oxygens (including phenoxy) is 1. The molecule has 0 fully saturated rings. The predicted molar refractivity (Wildman–Crippen MR) is 114 cm³/mol. The van der Waals surface area contributed by atoms with Crippen LogP contribution < -0.4 is 10.6 Å². The van der Waals surface area contributed by atoms with Gasteiger partial charge in [-0.05, 0) is 60.6 Å². The first-order chi connectivity index (χ1) is 12.6. The Morgan fingerprint density at radius 2 is 2.00 bits per heavy atom. The lowest BCUT2D eigenvalue weighted by molar-refractivity contribution is 0.0601. The van der Waals surface area contributed by atoms with Crippen molar-refractivity contribution in [3.63, 3.8) is 0 Å². The molecule has 0 aliphatic carbocycles. The molecule has 0 atom stereocenters. The minimum Gasteiger partial charge on any atom is -0.465 e. The minimum atomic E-state index is -0.363. The Bertz CT molecular complexity index is 750. The van der Waals surface area contributed by atoms with E-state index < -0.39 is 0 Å². The number of aryl methyl sites for hydroxylation is 1. The van der Waals surface area contributed by atoms with Gasteiger partial charge in [0.15, 0.2) is 5.11 Å². The Morgan fingerprint density at radius 1 is 1.19 bits per heavy atom. The molecule has 0 spiro atoms. The molecule has 0 radical (unpaired) electrons. The quantitative estimate of drug-likeness (QED) is 0.397. The van der Waals surface area contributed by atoms with E-state index in [4.69, 9.17) is 17.0 Å². The second kappa shape index (κ2) is 10.8. The lowest BCUT2D eigenvalue weighted by atomic mass is 10.1. The van der Waals surface area contributed by atoms with Crippen molar-refractivity contribution in [2.75, 3.05) is 24.7 Å². The number of anilines is 1. The van der Waals surface area contributed by atoms with Gasteiger partial charge in [0, 0.05) is 18.0 Å². The van der Waals surface area contributed by atoms with E-state index in [1.165, 1.54) is 18.2 Å². The van der Waals surface area contributed by atoms with Crippen LogP contribution >= 0.6 is 24.0 Å². The molecule has 0 bridgehead atoms. The predicted octanol–water partition coefficient (Wildman–Crippen LogP) is 4.39. The number of nitrogens with one attached hydrogen (secondary N) is 2. The maximum atomic E-state index is 11.5. The summed E-state index contributed by atoms with van der Waals surface area (Å²) < 4.78 is 4.72. The first kappa shape index (κ1) is 20.3. The van der Waals surface area contributed by atoms with Gasteiger partial charge in [0.05, 0.1) is 12.7 Å². The normalized spacial score (nSPS) is 10.2. The van der Waals surface area contributed by atoms with Crippen molar-refractivity contribution in [1.82, 2.24) is 5.32 Å². The molecule has 6 heteroatoms. The maximum Gasteiger partial charge on any atom is 0.337 e. The fourth-order valence-corrected chi connectivity index (χ4v) is 3.60. The zero-order valence-electron chi connectivity index (χ0n) is 15.1. The number of esters is 1. The Labute approximate surface area is 164 Å². The van der Waals surface area contributed by atoms with Gasteiger partial charge in [0.25, 0.3) is 0 Å². The number of thioether (sulfide) groups is 1. The molecular formula is C20H24N2O2S2. The molecule has 0 unspecified atom stereocenters. The Morgan fingerprint density at radius 3 is 2.77 bits per heavy atom. The molecule has 0 heterocycles. The SMILES string of the molecule is COC(=O)c1cccc(NC(=S)NCCCSCc2ccccc2C)c1. The molecule has 0 aliphatic rings. The molecule has 2 N–H and O–H groups in total. The lowest BCUT2D eigenvalue weighted by Gasteiger charge is -2.11. The van der Waals surface area contributed by atoms with E-state index in [2.05, 4.69) is 41.8 Å². The highest BCUT2D eigenvalue weighted by Crippen LogP contribution is 2.16. The number of benzene rings is 2. The molecule has 4 nitrogen and oxygen atoms in total. The number of thiocarbonyl (C=S) groups is 1. The average molecular weight is 389 g/mol. The number of carbonyl (C=O) groups is 1. The third-order valence-electron chi connectivity index (χ3n) is 3.81. The standard InChI is InChI=1S/C20H24N2O2S2/c1-15-7-3-4-8-17(15)14-26-12-6-11-21-20(25)22-18-10-5-9-16(13-18)19(23)24-2/h3-5,7-10,13H,6,11-12,14H2,1-2H3,(H2,21,22,25). The topological polar surface area (TPSA) is 50.4 Å². The molecule has 2 aromatic rings. The molecule has 138 valence electrons. The van der Waals surface area contributed by atoms with Gasteiger partial charge < -0.3 is 15.4 Å². The molecule has 0 aliphatic heterocycles. The van der Waals surface area contributed by atoms with Gasteiger partial charge in [-0.2, -0.15) is 11.8 Å². The maximum absolute atomic E-state index is 11.5. The third kappa shape index (κ3) is 6.69. The summed E-state index contributed by atoms with van der Waals surface area (Å²) in [5, 5.41) is 6.84. The molecular weight excluding hydrogens is 364 g/mol. The second-order valence-electron chi connectivity index (χ2n) is 5.79. The van der Waals surface area contributed by atoms with E-state index in [9.17, 15) is 4.79 Å². The summed E-state index contributed by atoms with van der Waals surface area (Å²) in [6, 6.07) is 15.6. The van der Waals surface area contributed by atoms with Crippen molar-refractivity contribution in [2.24, 2.45) is 0 Å². The van der Waals surface area contributed by atoms with Crippen molar-refractivity contribution >= 4 is 40.7 Å². The molecule has 26 heavy (non-hydrogen) atoms. The minimum absolute atomic E-state index is 0.363. The summed E-state index contributed by atoms with van der Waals surface area (Å²) in [6.07, 6.45) is 1.03. The number of carbonyl (C=O) groups excluding carboxylic acids is 1. The van der Waals surface area contributed by atoms with Crippen molar-refractivity contribution in [2.45, 2.75) is 19.1 Å². The Balaban J connectivity index is 1.65. The van der Waals surface area contributed by atoms with Crippen LogP contribution in [0.1, 0.15) is 27.9 Å². The van der Waals surface area contributed by atoms with Gasteiger partial charge in [-0.3, -0.25) is 0 Å². The Kier molecular flexibility index (Phi) is 8.44. The first-order valence-corrected chi connectivity index (χ1v) is 10.0. The van der Waals surface area contributed by atoms with E-state index in [1.54, 1.807) is 18.2 Å². The number of hydrogen-bond donors (Lipinski definition) is 2. The Hall–Kier alpha value is -2.05. The van der Waals surface area contributed by atoms with Crippen LogP contribution in [0.2, 0.25) is 0 Å². The van der Waals surface area contributed by atoms with Gasteiger partial charge in [0.1, 0.15) is 0 Å². The van der Waals surface area contributed by atoms with E-state index in [0.29, 0.717) is 10.7 Å². The third-order valence-corrected chi connectivity index (χ3v) is 5.15. The highest BCUT2D eigenvalue weighted by Gasteiger charge is 2.06. The summed E-state index contributed by atoms with van der Waals surface area (Å²) in [5.74, 6) is 1.75. The average Bonchev–Trinajstić information content (AvgIpc) is 2.65. The zero-order valence-corrected chi connectivity index (χ0v) is 16.7. The van der Waals surface area contributed by atoms with Gasteiger partial charge in [-0.15, -0.1) is 0 Å². The van der Waals surface area contributed by atoms with Crippen molar-refractivity contribution in [1.29, 1.82) is 0 Å². The molecule has 0 aromatic heterocycles. The van der Waals surface area contributed by atoms with Crippen LogP contribution in [0.3, 0.4) is 0 Å². The van der Waals surface area contributed by atoms with E-state index in [0.717, 1.165) is 30.2 Å². The highest BCUT2D eigenvalue weighted by atomic mass is 32.2. The molecule has 2 rings (SSSR count). The van der Waals surface area contributed by atoms with Crippen LogP contribution in [0.4, 0.5) is 5.69 Å². The van der Waals surface area contributed by atoms with Crippen molar-refractivity contribution in [3.8, 4) is 0 Å². The summed E-state index contributed by atoms with van der Waals surface area (Å²) in [6.45, 7) is 2.96. The summed E-state index contributed by atoms with van der Waals surface area (Å²) in [5.41, 5.74) is 4.00. The van der Waals surface area contributed by atoms with E-state index >= 15 is 0 Å². The van der Waals surface area contributed by atoms with Crippen LogP contribution in [0.5, 0.6) is 0 Å². The van der Waals surface area contributed by atoms with E-state index in [-0.39, 0.29) is 5.97 Å². The van der Waals surface area contributed by atoms with Crippen molar-refractivity contribution in [3.05, 3.63) is 65.2 Å². The zero-order chi connectivity index (χ0) is 18.8. The number of rotatable bonds is 8. The molecule has 0 amide bonds. The summed E-state index contributed by atoms with van der Waals surface area (Å²) in [4.78, 5) is 11.5. The van der Waals surface area contributed by atoms with Crippen molar-refractivity contribution < 1.29 is 9.53 Å². The largest absolute Gasteiger partial charge is 0.465 e. The van der Waals surface area contributed by atoms with Crippen LogP contribution in [0.25, 0.3) is 0 Å². The first-order valence-electron chi connectivity index (χ1n) is 8.45. The molecule has 0 saturated carbocycles. The smallest absolute Gasteiger partial charge is 0.337 e. The molecule has 2 aromatic carbocycles. The van der Waals surface area contributed by atoms with Crippen LogP contribution in [-0.4, -0.2) is 30.5 Å². The lowest BCUT2D eigenvalue weighted by Crippen LogP contribution is -2.29. The van der Waals surface area contributed by atoms with Gasteiger partial charge in [0.2, 0.25) is 0 Å². The van der Waals surface area contributed by atoms with Gasteiger partial charge in [-0.25, -0.2) is 4.79 Å². The van der Waals surface area contributed by atoms with Crippen LogP contribution in [-0.2, 0) is 10.5 Å². The highest BCUT2D eigenvalue weighted by molar-refractivity contribution is 7.98. The van der Waals surface area contributed by atoms with Gasteiger partial charge >= 0.3 is 5.97 Å². The van der Waals surface area contributed by atoms with E-state index in [1.807, 2.05) is 17.8 Å².